The zero-order valence-electron chi connectivity index (χ0n) is 17.6. The second-order valence-corrected chi connectivity index (χ2v) is 8.00. The van der Waals surface area contributed by atoms with Crippen molar-refractivity contribution in [2.45, 2.75) is 38.7 Å². The van der Waals surface area contributed by atoms with Crippen molar-refractivity contribution in [2.75, 3.05) is 32.7 Å². The monoisotopic (exact) mass is 431 g/mol. The van der Waals surface area contributed by atoms with Crippen molar-refractivity contribution in [2.24, 2.45) is 16.6 Å². The first-order chi connectivity index (χ1) is 14.9. The highest BCUT2D eigenvalue weighted by Gasteiger charge is 2.30. The second-order valence-electron chi connectivity index (χ2n) is 8.00. The fourth-order valence-corrected chi connectivity index (χ4v) is 3.87. The quantitative estimate of drug-likeness (QED) is 0.221. The summed E-state index contributed by atoms with van der Waals surface area (Å²) >= 11 is 0. The molecule has 2 amide bonds. The molecule has 1 aromatic rings. The van der Waals surface area contributed by atoms with E-state index in [1.807, 2.05) is 9.80 Å². The van der Waals surface area contributed by atoms with Gasteiger partial charge in [-0.1, -0.05) is 0 Å². The zero-order chi connectivity index (χ0) is 22.2. The van der Waals surface area contributed by atoms with Crippen LogP contribution in [0.1, 0.15) is 37.7 Å². The molecule has 10 nitrogen and oxygen atoms in total. The van der Waals surface area contributed by atoms with E-state index >= 15 is 0 Å². The number of esters is 1. The largest absolute Gasteiger partial charge is 0.460 e. The number of urea groups is 1. The van der Waals surface area contributed by atoms with Crippen LogP contribution in [0.4, 0.5) is 10.5 Å². The molecule has 10 heteroatoms. The van der Waals surface area contributed by atoms with Crippen LogP contribution >= 0.6 is 0 Å². The third-order valence-corrected chi connectivity index (χ3v) is 5.66. The van der Waals surface area contributed by atoms with Crippen LogP contribution in [-0.4, -0.2) is 65.3 Å². The lowest BCUT2D eigenvalue weighted by Gasteiger charge is -2.24. The van der Waals surface area contributed by atoms with Crippen LogP contribution in [0.25, 0.3) is 0 Å². The fourth-order valence-electron chi connectivity index (χ4n) is 3.87. The van der Waals surface area contributed by atoms with Crippen molar-refractivity contribution < 1.29 is 19.2 Å². The van der Waals surface area contributed by atoms with E-state index in [9.17, 15) is 19.7 Å². The summed E-state index contributed by atoms with van der Waals surface area (Å²) in [5.41, 5.74) is 6.48. The van der Waals surface area contributed by atoms with Crippen molar-refractivity contribution in [3.8, 4) is 0 Å². The molecule has 2 aliphatic heterocycles. The Kier molecular flexibility index (Phi) is 7.80. The number of amidine groups is 1. The molecule has 1 atom stereocenters. The third-order valence-electron chi connectivity index (χ3n) is 5.66. The van der Waals surface area contributed by atoms with Gasteiger partial charge in [0.1, 0.15) is 18.9 Å². The van der Waals surface area contributed by atoms with Crippen LogP contribution < -0.4 is 5.73 Å². The van der Waals surface area contributed by atoms with E-state index in [-0.39, 0.29) is 30.6 Å². The van der Waals surface area contributed by atoms with Crippen molar-refractivity contribution >= 4 is 23.5 Å². The minimum atomic E-state index is -0.497. The van der Waals surface area contributed by atoms with E-state index in [1.165, 1.54) is 12.1 Å². The van der Waals surface area contributed by atoms with E-state index in [0.717, 1.165) is 51.9 Å². The molecule has 0 radical (unpaired) electrons. The molecule has 3 rings (SSSR count). The molecule has 2 aliphatic rings. The van der Waals surface area contributed by atoms with Gasteiger partial charge in [0.25, 0.3) is 5.69 Å². The number of nitrogens with zero attached hydrogens (tertiary/aromatic N) is 4. The molecule has 2 saturated heterocycles. The number of nitro benzene ring substituents is 1. The molecular formula is C21H29N5O5. The lowest BCUT2D eigenvalue weighted by atomic mass is 10.1. The van der Waals surface area contributed by atoms with Gasteiger partial charge in [0.15, 0.2) is 0 Å². The summed E-state index contributed by atoms with van der Waals surface area (Å²) < 4.78 is 5.15. The van der Waals surface area contributed by atoms with Gasteiger partial charge in [-0.15, -0.1) is 0 Å². The van der Waals surface area contributed by atoms with Crippen molar-refractivity contribution in [3.05, 3.63) is 39.9 Å². The normalized spacial score (nSPS) is 19.0. The Labute approximate surface area is 181 Å². The highest BCUT2D eigenvalue weighted by Crippen LogP contribution is 2.22. The highest BCUT2D eigenvalue weighted by molar-refractivity contribution is 5.96. The first-order valence-electron chi connectivity index (χ1n) is 10.6. The first-order valence-corrected chi connectivity index (χ1v) is 10.6. The Morgan fingerprint density at radius 2 is 1.87 bits per heavy atom. The molecule has 0 bridgehead atoms. The van der Waals surface area contributed by atoms with Gasteiger partial charge in [-0.2, -0.15) is 0 Å². The van der Waals surface area contributed by atoms with Crippen LogP contribution in [0.3, 0.4) is 0 Å². The first kappa shape index (κ1) is 22.5. The Morgan fingerprint density at radius 3 is 2.55 bits per heavy atom. The van der Waals surface area contributed by atoms with E-state index < -0.39 is 10.9 Å². The molecule has 0 spiro atoms. The summed E-state index contributed by atoms with van der Waals surface area (Å²) in [7, 11) is 0. The Balaban J connectivity index is 1.33. The van der Waals surface area contributed by atoms with Crippen LogP contribution in [0.5, 0.6) is 0 Å². The predicted octanol–water partition coefficient (Wildman–Crippen LogP) is 2.31. The molecule has 0 unspecified atom stereocenters. The van der Waals surface area contributed by atoms with Gasteiger partial charge in [-0.05, 0) is 49.3 Å². The van der Waals surface area contributed by atoms with Crippen molar-refractivity contribution in [3.63, 3.8) is 0 Å². The van der Waals surface area contributed by atoms with Gasteiger partial charge in [-0.25, -0.2) is 4.79 Å². The topological polar surface area (TPSA) is 131 Å². The van der Waals surface area contributed by atoms with Gasteiger partial charge < -0.3 is 20.3 Å². The van der Waals surface area contributed by atoms with Crippen molar-refractivity contribution in [1.29, 1.82) is 0 Å². The molecule has 31 heavy (non-hydrogen) atoms. The van der Waals surface area contributed by atoms with Gasteiger partial charge in [0.05, 0.1) is 4.92 Å². The standard InChI is InChI=1S/C21H29N5O5/c22-19(13-20(27)31-15-17-3-5-18(6-4-17)26(29)30)23-9-7-16-8-12-25(14-16)21(28)24-10-1-2-11-24/h3-6,16H,1-2,7-15H2,(H2,22,23)/t16-/m0/s1. The Bertz CT molecular complexity index is 820. The Morgan fingerprint density at radius 1 is 1.16 bits per heavy atom. The highest BCUT2D eigenvalue weighted by atomic mass is 16.6. The number of aliphatic imine (C=N–C) groups is 1. The number of benzene rings is 1. The Hall–Kier alpha value is -3.17. The maximum absolute atomic E-state index is 12.4. The number of carbonyl (C=O) groups excluding carboxylic acids is 2. The molecular weight excluding hydrogens is 402 g/mol. The SMILES string of the molecule is NC(CC(=O)OCc1ccc([N+](=O)[O-])cc1)=NCC[C@H]1CCN(C(=O)N2CCCC2)C1. The average Bonchev–Trinajstić information content (AvgIpc) is 3.44. The number of rotatable bonds is 8. The van der Waals surface area contributed by atoms with Crippen LogP contribution in [-0.2, 0) is 16.1 Å². The summed E-state index contributed by atoms with van der Waals surface area (Å²) in [6.45, 7) is 3.80. The lowest BCUT2D eigenvalue weighted by Crippen LogP contribution is -2.40. The molecule has 2 fully saturated rings. The van der Waals surface area contributed by atoms with E-state index in [2.05, 4.69) is 4.99 Å². The number of ether oxygens (including phenoxy) is 1. The summed E-state index contributed by atoms with van der Waals surface area (Å²) in [5, 5.41) is 10.6. The molecule has 168 valence electrons. The minimum absolute atomic E-state index is 0.0164. The van der Waals surface area contributed by atoms with E-state index in [0.29, 0.717) is 18.0 Å². The molecule has 1 aromatic carbocycles. The molecule has 0 saturated carbocycles. The van der Waals surface area contributed by atoms with Gasteiger partial charge in [0, 0.05) is 44.9 Å². The molecule has 0 aromatic heterocycles. The van der Waals surface area contributed by atoms with Gasteiger partial charge in [0.2, 0.25) is 0 Å². The predicted molar refractivity (Wildman–Crippen MR) is 114 cm³/mol. The summed E-state index contributed by atoms with van der Waals surface area (Å²) in [6, 6.07) is 5.97. The van der Waals surface area contributed by atoms with Gasteiger partial charge >= 0.3 is 12.0 Å². The summed E-state index contributed by atoms with van der Waals surface area (Å²) in [4.78, 5) is 42.6. The summed E-state index contributed by atoms with van der Waals surface area (Å²) in [5.74, 6) is 0.122. The fraction of sp³-hybridized carbons (Fsp3) is 0.571. The maximum atomic E-state index is 12.4. The summed E-state index contributed by atoms with van der Waals surface area (Å²) in [6.07, 6.45) is 3.87. The van der Waals surface area contributed by atoms with Crippen LogP contribution in [0.15, 0.2) is 29.3 Å². The molecule has 2 N–H and O–H groups in total. The number of likely N-dealkylation sites (tertiary alicyclic amines) is 2. The van der Waals surface area contributed by atoms with E-state index in [1.54, 1.807) is 12.1 Å². The van der Waals surface area contributed by atoms with Gasteiger partial charge in [-0.3, -0.25) is 19.9 Å². The number of non-ortho nitro benzene ring substituents is 1. The number of nitrogens with two attached hydrogens (primary N) is 1. The maximum Gasteiger partial charge on any atom is 0.320 e. The van der Waals surface area contributed by atoms with Crippen LogP contribution in [0.2, 0.25) is 0 Å². The molecule has 2 heterocycles. The molecule has 0 aliphatic carbocycles. The van der Waals surface area contributed by atoms with Crippen LogP contribution in [0, 0.1) is 16.0 Å². The number of nitro groups is 1. The third kappa shape index (κ3) is 6.66. The average molecular weight is 431 g/mol. The van der Waals surface area contributed by atoms with E-state index in [4.69, 9.17) is 10.5 Å². The second kappa shape index (κ2) is 10.7. The smallest absolute Gasteiger partial charge is 0.320 e. The number of hydrogen-bond donors (Lipinski definition) is 1. The zero-order valence-corrected chi connectivity index (χ0v) is 17.6. The van der Waals surface area contributed by atoms with Crippen molar-refractivity contribution in [1.82, 2.24) is 9.80 Å². The lowest BCUT2D eigenvalue weighted by molar-refractivity contribution is -0.384. The number of amides is 2. The number of hydrogen-bond acceptors (Lipinski definition) is 6. The number of carbonyl (C=O) groups is 2. The minimum Gasteiger partial charge on any atom is -0.460 e.